The van der Waals surface area contributed by atoms with Crippen LogP contribution in [-0.4, -0.2) is 23.4 Å². The quantitative estimate of drug-likeness (QED) is 0.639. The first-order chi connectivity index (χ1) is 9.56. The minimum absolute atomic E-state index is 0.0702. The number of hydrogen-bond donors (Lipinski definition) is 2. The maximum absolute atomic E-state index is 11.8. The van der Waals surface area contributed by atoms with E-state index in [0.29, 0.717) is 6.04 Å². The predicted octanol–water partition coefficient (Wildman–Crippen LogP) is 2.37. The van der Waals surface area contributed by atoms with E-state index in [1.54, 1.807) is 19.1 Å². The first-order valence-electron chi connectivity index (χ1n) is 6.84. The number of benzene rings is 1. The van der Waals surface area contributed by atoms with Crippen LogP contribution in [-0.2, 0) is 4.79 Å². The van der Waals surface area contributed by atoms with E-state index in [1.165, 1.54) is 18.9 Å². The second-order valence-electron chi connectivity index (χ2n) is 5.19. The van der Waals surface area contributed by atoms with E-state index in [9.17, 15) is 14.9 Å². The lowest BCUT2D eigenvalue weighted by molar-refractivity contribution is -0.384. The average Bonchev–Trinajstić information content (AvgIpc) is 2.91. The van der Waals surface area contributed by atoms with Gasteiger partial charge in [0.1, 0.15) is 5.69 Å². The Balaban J connectivity index is 1.94. The molecule has 1 fully saturated rings. The van der Waals surface area contributed by atoms with Gasteiger partial charge in [-0.25, -0.2) is 0 Å². The number of nitrogens with one attached hydrogen (secondary N) is 2. The number of nitrogens with zero attached hydrogens (tertiary/aromatic N) is 1. The zero-order chi connectivity index (χ0) is 14.5. The van der Waals surface area contributed by atoms with Crippen molar-refractivity contribution >= 4 is 17.3 Å². The van der Waals surface area contributed by atoms with Crippen molar-refractivity contribution in [3.05, 3.63) is 33.9 Å². The van der Waals surface area contributed by atoms with Crippen LogP contribution in [0.3, 0.4) is 0 Å². The van der Waals surface area contributed by atoms with Crippen molar-refractivity contribution in [2.75, 3.05) is 11.9 Å². The fourth-order valence-corrected chi connectivity index (χ4v) is 2.46. The maximum atomic E-state index is 11.8. The first kappa shape index (κ1) is 14.5. The molecule has 0 heterocycles. The number of hydrogen-bond acceptors (Lipinski definition) is 4. The summed E-state index contributed by atoms with van der Waals surface area (Å²) in [5.74, 6) is -0.246. The molecule has 1 aromatic rings. The van der Waals surface area contributed by atoms with Crippen molar-refractivity contribution < 1.29 is 9.72 Å². The van der Waals surface area contributed by atoms with Crippen LogP contribution in [0.4, 0.5) is 11.4 Å². The van der Waals surface area contributed by atoms with Gasteiger partial charge in [0.05, 0.1) is 11.5 Å². The topological polar surface area (TPSA) is 84.3 Å². The molecule has 0 aliphatic heterocycles. The molecule has 0 spiro atoms. The summed E-state index contributed by atoms with van der Waals surface area (Å²) in [7, 11) is 0. The smallest absolute Gasteiger partial charge is 0.293 e. The fraction of sp³-hybridized carbons (Fsp3) is 0.500. The van der Waals surface area contributed by atoms with Crippen LogP contribution in [0.2, 0.25) is 0 Å². The normalized spacial score (nSPS) is 15.2. The van der Waals surface area contributed by atoms with Crippen molar-refractivity contribution in [1.29, 1.82) is 0 Å². The van der Waals surface area contributed by atoms with E-state index in [-0.39, 0.29) is 23.8 Å². The van der Waals surface area contributed by atoms with Gasteiger partial charge in [-0.3, -0.25) is 14.9 Å². The number of carbonyl (C=O) groups excluding carboxylic acids is 1. The maximum Gasteiger partial charge on any atom is 0.293 e. The molecule has 1 saturated carbocycles. The largest absolute Gasteiger partial charge is 0.319 e. The molecule has 0 bridgehead atoms. The Labute approximate surface area is 117 Å². The Morgan fingerprint density at radius 1 is 1.40 bits per heavy atom. The van der Waals surface area contributed by atoms with Gasteiger partial charge in [-0.05, 0) is 31.4 Å². The standard InChI is InChI=1S/C14H19N3O3/c1-10-6-7-12(13(8-10)17(19)20)16-14(18)9-15-11-4-2-3-5-11/h6-8,11,15H,2-5,9H2,1H3,(H,16,18). The molecule has 6 heteroatoms. The molecule has 0 atom stereocenters. The summed E-state index contributed by atoms with van der Waals surface area (Å²) in [5, 5.41) is 16.7. The van der Waals surface area contributed by atoms with Crippen molar-refractivity contribution in [2.45, 2.75) is 38.6 Å². The third kappa shape index (κ3) is 3.77. The molecule has 0 saturated heterocycles. The van der Waals surface area contributed by atoms with E-state index in [1.807, 2.05) is 0 Å². The van der Waals surface area contributed by atoms with Gasteiger partial charge in [-0.2, -0.15) is 0 Å². The molecule has 0 radical (unpaired) electrons. The summed E-state index contributed by atoms with van der Waals surface area (Å²) in [6.45, 7) is 1.97. The second kappa shape index (κ2) is 6.47. The van der Waals surface area contributed by atoms with Gasteiger partial charge in [0.2, 0.25) is 5.91 Å². The number of carbonyl (C=O) groups is 1. The molecular weight excluding hydrogens is 258 g/mol. The van der Waals surface area contributed by atoms with Gasteiger partial charge in [0, 0.05) is 12.1 Å². The highest BCUT2D eigenvalue weighted by Crippen LogP contribution is 2.25. The van der Waals surface area contributed by atoms with Gasteiger partial charge < -0.3 is 10.6 Å². The Morgan fingerprint density at radius 2 is 2.10 bits per heavy atom. The lowest BCUT2D eigenvalue weighted by Gasteiger charge is -2.12. The second-order valence-corrected chi connectivity index (χ2v) is 5.19. The first-order valence-corrected chi connectivity index (χ1v) is 6.84. The minimum atomic E-state index is -0.479. The summed E-state index contributed by atoms with van der Waals surface area (Å²) in [6.07, 6.45) is 4.58. The van der Waals surface area contributed by atoms with Crippen molar-refractivity contribution in [3.8, 4) is 0 Å². The molecule has 20 heavy (non-hydrogen) atoms. The summed E-state index contributed by atoms with van der Waals surface area (Å²) < 4.78 is 0. The molecule has 2 rings (SSSR count). The number of nitro groups is 1. The van der Waals surface area contributed by atoms with Crippen LogP contribution in [0.5, 0.6) is 0 Å². The van der Waals surface area contributed by atoms with Gasteiger partial charge in [-0.15, -0.1) is 0 Å². The van der Waals surface area contributed by atoms with Crippen LogP contribution < -0.4 is 10.6 Å². The highest BCUT2D eigenvalue weighted by Gasteiger charge is 2.18. The van der Waals surface area contributed by atoms with E-state index in [2.05, 4.69) is 10.6 Å². The van der Waals surface area contributed by atoms with E-state index >= 15 is 0 Å². The Hall–Kier alpha value is -1.95. The minimum Gasteiger partial charge on any atom is -0.319 e. The van der Waals surface area contributed by atoms with Gasteiger partial charge >= 0.3 is 0 Å². The monoisotopic (exact) mass is 277 g/mol. The highest BCUT2D eigenvalue weighted by atomic mass is 16.6. The van der Waals surface area contributed by atoms with E-state index < -0.39 is 4.92 Å². The Bertz CT molecular complexity index is 510. The molecular formula is C14H19N3O3. The predicted molar refractivity (Wildman–Crippen MR) is 76.7 cm³/mol. The fourth-order valence-electron chi connectivity index (χ4n) is 2.46. The molecule has 108 valence electrons. The third-order valence-corrected chi connectivity index (χ3v) is 3.53. The van der Waals surface area contributed by atoms with Crippen LogP contribution in [0.25, 0.3) is 0 Å². The van der Waals surface area contributed by atoms with Crippen LogP contribution >= 0.6 is 0 Å². The lowest BCUT2D eigenvalue weighted by Crippen LogP contribution is -2.34. The van der Waals surface area contributed by atoms with Crippen LogP contribution in [0.15, 0.2) is 18.2 Å². The summed E-state index contributed by atoms with van der Waals surface area (Å²) in [6, 6.07) is 5.17. The molecule has 2 N–H and O–H groups in total. The average molecular weight is 277 g/mol. The van der Waals surface area contributed by atoms with Crippen LogP contribution in [0.1, 0.15) is 31.2 Å². The Morgan fingerprint density at radius 3 is 2.75 bits per heavy atom. The molecule has 1 amide bonds. The Kier molecular flexibility index (Phi) is 4.68. The summed E-state index contributed by atoms with van der Waals surface area (Å²) in [5.41, 5.74) is 0.969. The van der Waals surface area contributed by atoms with Gasteiger partial charge in [0.15, 0.2) is 0 Å². The third-order valence-electron chi connectivity index (χ3n) is 3.53. The SMILES string of the molecule is Cc1ccc(NC(=O)CNC2CCCC2)c([N+](=O)[O-])c1. The zero-order valence-electron chi connectivity index (χ0n) is 11.5. The molecule has 0 unspecified atom stereocenters. The lowest BCUT2D eigenvalue weighted by atomic mass is 10.2. The molecule has 6 nitrogen and oxygen atoms in total. The van der Waals surface area contributed by atoms with Crippen molar-refractivity contribution in [1.82, 2.24) is 5.32 Å². The molecule has 1 aromatic carbocycles. The van der Waals surface area contributed by atoms with Crippen LogP contribution in [0, 0.1) is 17.0 Å². The van der Waals surface area contributed by atoms with Gasteiger partial charge in [0.25, 0.3) is 5.69 Å². The summed E-state index contributed by atoms with van der Waals surface area (Å²) in [4.78, 5) is 22.3. The van der Waals surface area contributed by atoms with E-state index in [4.69, 9.17) is 0 Å². The molecule has 1 aliphatic rings. The van der Waals surface area contributed by atoms with E-state index in [0.717, 1.165) is 18.4 Å². The van der Waals surface area contributed by atoms with Crippen molar-refractivity contribution in [3.63, 3.8) is 0 Å². The number of anilines is 1. The number of aryl methyl sites for hydroxylation is 1. The number of nitro benzene ring substituents is 1. The highest BCUT2D eigenvalue weighted by molar-refractivity contribution is 5.94. The molecule has 1 aliphatic carbocycles. The zero-order valence-corrected chi connectivity index (χ0v) is 11.5. The van der Waals surface area contributed by atoms with Gasteiger partial charge in [-0.1, -0.05) is 18.9 Å². The van der Waals surface area contributed by atoms with Crippen molar-refractivity contribution in [2.24, 2.45) is 0 Å². The number of rotatable bonds is 5. The number of amides is 1. The molecule has 0 aromatic heterocycles. The summed E-state index contributed by atoms with van der Waals surface area (Å²) >= 11 is 0.